The normalized spacial score (nSPS) is 17.3. The summed E-state index contributed by atoms with van der Waals surface area (Å²) in [6, 6.07) is 8.18. The molecule has 1 aromatic heterocycles. The maximum absolute atomic E-state index is 12.8. The summed E-state index contributed by atoms with van der Waals surface area (Å²) in [6.45, 7) is 7.98. The SMILES string of the molecule is CC(C)CCn1c(SCC(=O)N2CCN(C(=O)C3CC3)CC2)nc2ccccc21. The molecule has 0 spiro atoms. The summed E-state index contributed by atoms with van der Waals surface area (Å²) in [4.78, 5) is 33.5. The van der Waals surface area contributed by atoms with Crippen molar-refractivity contribution in [3.63, 3.8) is 0 Å². The first-order valence-corrected chi connectivity index (χ1v) is 11.7. The molecular formula is C22H30N4O2S. The number of piperazine rings is 1. The third-order valence-electron chi connectivity index (χ3n) is 5.74. The zero-order valence-electron chi connectivity index (χ0n) is 17.3. The van der Waals surface area contributed by atoms with Gasteiger partial charge in [-0.05, 0) is 37.3 Å². The molecule has 2 amide bonds. The first-order chi connectivity index (χ1) is 14.0. The van der Waals surface area contributed by atoms with Gasteiger partial charge in [-0.15, -0.1) is 0 Å². The molecule has 0 bridgehead atoms. The van der Waals surface area contributed by atoms with Gasteiger partial charge >= 0.3 is 0 Å². The largest absolute Gasteiger partial charge is 0.339 e. The number of rotatable bonds is 7. The number of carbonyl (C=O) groups is 2. The van der Waals surface area contributed by atoms with Gasteiger partial charge in [-0.2, -0.15) is 0 Å². The molecule has 1 aliphatic heterocycles. The third-order valence-corrected chi connectivity index (χ3v) is 6.71. The van der Waals surface area contributed by atoms with E-state index in [0.29, 0.717) is 37.8 Å². The Bertz CT molecular complexity index is 882. The summed E-state index contributed by atoms with van der Waals surface area (Å²) in [5.74, 6) is 1.68. The number of hydrogen-bond acceptors (Lipinski definition) is 4. The smallest absolute Gasteiger partial charge is 0.233 e. The fourth-order valence-electron chi connectivity index (χ4n) is 3.75. The molecule has 0 radical (unpaired) electrons. The molecular weight excluding hydrogens is 384 g/mol. The minimum atomic E-state index is 0.135. The molecule has 2 fully saturated rings. The van der Waals surface area contributed by atoms with Gasteiger partial charge in [0, 0.05) is 38.6 Å². The Kier molecular flexibility index (Phi) is 6.13. The molecule has 0 unspecified atom stereocenters. The second-order valence-electron chi connectivity index (χ2n) is 8.49. The number of aryl methyl sites for hydroxylation is 1. The molecule has 2 heterocycles. The van der Waals surface area contributed by atoms with Crippen LogP contribution in [0.1, 0.15) is 33.1 Å². The molecule has 156 valence electrons. The summed E-state index contributed by atoms with van der Waals surface area (Å²) < 4.78 is 2.25. The van der Waals surface area contributed by atoms with E-state index in [4.69, 9.17) is 4.98 Å². The summed E-state index contributed by atoms with van der Waals surface area (Å²) >= 11 is 1.53. The predicted octanol–water partition coefficient (Wildman–Crippen LogP) is 3.26. The van der Waals surface area contributed by atoms with Gasteiger partial charge in [0.2, 0.25) is 11.8 Å². The van der Waals surface area contributed by atoms with Crippen molar-refractivity contribution >= 4 is 34.6 Å². The van der Waals surface area contributed by atoms with Gasteiger partial charge in [0.15, 0.2) is 5.16 Å². The quantitative estimate of drug-likeness (QED) is 0.653. The number of benzene rings is 1. The van der Waals surface area contributed by atoms with Gasteiger partial charge in [-0.3, -0.25) is 9.59 Å². The van der Waals surface area contributed by atoms with Crippen LogP contribution in [0.15, 0.2) is 29.4 Å². The second-order valence-corrected chi connectivity index (χ2v) is 9.43. The van der Waals surface area contributed by atoms with Crippen molar-refractivity contribution in [2.75, 3.05) is 31.9 Å². The molecule has 1 saturated heterocycles. The number of fused-ring (bicyclic) bond motifs is 1. The fraction of sp³-hybridized carbons (Fsp3) is 0.591. The monoisotopic (exact) mass is 414 g/mol. The van der Waals surface area contributed by atoms with Crippen LogP contribution in [-0.4, -0.2) is 63.1 Å². The van der Waals surface area contributed by atoms with Gasteiger partial charge in [0.25, 0.3) is 0 Å². The maximum Gasteiger partial charge on any atom is 0.233 e. The number of carbonyl (C=O) groups excluding carboxylic acids is 2. The van der Waals surface area contributed by atoms with Crippen LogP contribution in [-0.2, 0) is 16.1 Å². The number of hydrogen-bond donors (Lipinski definition) is 0. The van der Waals surface area contributed by atoms with E-state index in [1.54, 1.807) is 0 Å². The lowest BCUT2D eigenvalue weighted by Crippen LogP contribution is -2.51. The van der Waals surface area contributed by atoms with Crippen molar-refractivity contribution in [1.29, 1.82) is 0 Å². The highest BCUT2D eigenvalue weighted by Crippen LogP contribution is 2.31. The van der Waals surface area contributed by atoms with E-state index in [-0.39, 0.29) is 17.7 Å². The van der Waals surface area contributed by atoms with E-state index < -0.39 is 0 Å². The van der Waals surface area contributed by atoms with E-state index in [1.165, 1.54) is 11.8 Å². The molecule has 4 rings (SSSR count). The van der Waals surface area contributed by atoms with Crippen molar-refractivity contribution in [3.05, 3.63) is 24.3 Å². The molecule has 2 aliphatic rings. The van der Waals surface area contributed by atoms with Crippen LogP contribution in [0.3, 0.4) is 0 Å². The zero-order valence-corrected chi connectivity index (χ0v) is 18.2. The van der Waals surface area contributed by atoms with Crippen LogP contribution >= 0.6 is 11.8 Å². The third kappa shape index (κ3) is 4.77. The van der Waals surface area contributed by atoms with Crippen molar-refractivity contribution in [1.82, 2.24) is 19.4 Å². The van der Waals surface area contributed by atoms with Crippen LogP contribution in [0.25, 0.3) is 11.0 Å². The number of nitrogens with zero attached hydrogens (tertiary/aromatic N) is 4. The van der Waals surface area contributed by atoms with Crippen LogP contribution in [0.2, 0.25) is 0 Å². The Balaban J connectivity index is 1.36. The van der Waals surface area contributed by atoms with Crippen LogP contribution in [0.4, 0.5) is 0 Å². The first-order valence-electron chi connectivity index (χ1n) is 10.7. The average molecular weight is 415 g/mol. The maximum atomic E-state index is 12.8. The molecule has 29 heavy (non-hydrogen) atoms. The lowest BCUT2D eigenvalue weighted by atomic mass is 10.1. The highest BCUT2D eigenvalue weighted by Gasteiger charge is 2.35. The molecule has 0 N–H and O–H groups in total. The molecule has 1 aromatic carbocycles. The van der Waals surface area contributed by atoms with E-state index in [0.717, 1.165) is 42.0 Å². The van der Waals surface area contributed by atoms with Crippen molar-refractivity contribution in [2.24, 2.45) is 11.8 Å². The number of amides is 2. The topological polar surface area (TPSA) is 58.4 Å². The zero-order chi connectivity index (χ0) is 20.4. The number of imidazole rings is 1. The fourth-order valence-corrected chi connectivity index (χ4v) is 4.69. The minimum absolute atomic E-state index is 0.135. The molecule has 7 heteroatoms. The molecule has 1 saturated carbocycles. The minimum Gasteiger partial charge on any atom is -0.339 e. The lowest BCUT2D eigenvalue weighted by molar-refractivity contribution is -0.139. The molecule has 6 nitrogen and oxygen atoms in total. The van der Waals surface area contributed by atoms with Crippen LogP contribution in [0.5, 0.6) is 0 Å². The van der Waals surface area contributed by atoms with Gasteiger partial charge in [-0.25, -0.2) is 4.98 Å². The van der Waals surface area contributed by atoms with Gasteiger partial charge in [0.1, 0.15) is 0 Å². The highest BCUT2D eigenvalue weighted by molar-refractivity contribution is 7.99. The van der Waals surface area contributed by atoms with Crippen molar-refractivity contribution < 1.29 is 9.59 Å². The van der Waals surface area contributed by atoms with Crippen LogP contribution in [0, 0.1) is 11.8 Å². The summed E-state index contributed by atoms with van der Waals surface area (Å²) in [5.41, 5.74) is 2.12. The van der Waals surface area contributed by atoms with E-state index in [2.05, 4.69) is 24.5 Å². The van der Waals surface area contributed by atoms with Gasteiger partial charge in [-0.1, -0.05) is 37.7 Å². The standard InChI is InChI=1S/C22H30N4O2S/c1-16(2)9-10-26-19-6-4-3-5-18(19)23-22(26)29-15-20(27)24-11-13-25(14-12-24)21(28)17-7-8-17/h3-6,16-17H,7-15H2,1-2H3. The van der Waals surface area contributed by atoms with E-state index in [1.807, 2.05) is 28.0 Å². The molecule has 0 atom stereocenters. The Labute approximate surface area is 176 Å². The van der Waals surface area contributed by atoms with E-state index >= 15 is 0 Å². The highest BCUT2D eigenvalue weighted by atomic mass is 32.2. The van der Waals surface area contributed by atoms with E-state index in [9.17, 15) is 9.59 Å². The predicted molar refractivity (Wildman–Crippen MR) is 116 cm³/mol. The summed E-state index contributed by atoms with van der Waals surface area (Å²) in [6.07, 6.45) is 3.15. The second kappa shape index (κ2) is 8.78. The first kappa shape index (κ1) is 20.3. The average Bonchev–Trinajstić information content (AvgIpc) is 3.52. The number of aromatic nitrogens is 2. The Morgan fingerprint density at radius 1 is 1.10 bits per heavy atom. The van der Waals surface area contributed by atoms with Gasteiger partial charge in [0.05, 0.1) is 16.8 Å². The summed E-state index contributed by atoms with van der Waals surface area (Å²) in [7, 11) is 0. The Morgan fingerprint density at radius 3 is 2.48 bits per heavy atom. The number of thioether (sulfide) groups is 1. The van der Waals surface area contributed by atoms with Crippen LogP contribution < -0.4 is 0 Å². The number of para-hydroxylation sites is 2. The molecule has 2 aromatic rings. The Hall–Kier alpha value is -2.02. The van der Waals surface area contributed by atoms with Gasteiger partial charge < -0.3 is 14.4 Å². The van der Waals surface area contributed by atoms with Crippen molar-refractivity contribution in [2.45, 2.75) is 44.8 Å². The Morgan fingerprint density at radius 2 is 1.79 bits per heavy atom. The summed E-state index contributed by atoms with van der Waals surface area (Å²) in [5, 5.41) is 0.919. The molecule has 1 aliphatic carbocycles. The lowest BCUT2D eigenvalue weighted by Gasteiger charge is -2.34. The van der Waals surface area contributed by atoms with Crippen molar-refractivity contribution in [3.8, 4) is 0 Å².